The average Bonchev–Trinajstić information content (AvgIpc) is 3.10. The van der Waals surface area contributed by atoms with Gasteiger partial charge in [0.1, 0.15) is 25.1 Å². The molecule has 8 heteroatoms. The number of hydrogen-bond acceptors (Lipinski definition) is 7. The Morgan fingerprint density at radius 2 is 1.96 bits per heavy atom. The highest BCUT2D eigenvalue weighted by Crippen LogP contribution is 2.37. The van der Waals surface area contributed by atoms with E-state index in [1.54, 1.807) is 7.11 Å². The van der Waals surface area contributed by atoms with Gasteiger partial charge in [0.15, 0.2) is 11.5 Å². The Balaban J connectivity index is 1.52. The number of aliphatic hydroxyl groups is 2. The first-order chi connectivity index (χ1) is 12.7. The zero-order valence-electron chi connectivity index (χ0n) is 14.7. The van der Waals surface area contributed by atoms with Crippen LogP contribution in [0.5, 0.6) is 17.2 Å². The molecule has 26 heavy (non-hydrogen) atoms. The lowest BCUT2D eigenvalue weighted by Crippen LogP contribution is -2.33. The number of methoxy groups -OCH3 is 1. The molecule has 0 spiro atoms. The fourth-order valence-corrected chi connectivity index (χ4v) is 3.40. The van der Waals surface area contributed by atoms with Crippen molar-refractivity contribution in [3.8, 4) is 17.2 Å². The van der Waals surface area contributed by atoms with Gasteiger partial charge in [0.25, 0.3) is 0 Å². The third kappa shape index (κ3) is 3.23. The van der Waals surface area contributed by atoms with Crippen LogP contribution in [0.4, 0.5) is 0 Å². The first-order valence-corrected chi connectivity index (χ1v) is 8.72. The van der Waals surface area contributed by atoms with E-state index in [2.05, 4.69) is 10.00 Å². The lowest BCUT2D eigenvalue weighted by Gasteiger charge is -2.28. The Hall–Kier alpha value is -2.29. The summed E-state index contributed by atoms with van der Waals surface area (Å²) in [5, 5.41) is 23.3. The van der Waals surface area contributed by atoms with E-state index in [1.807, 2.05) is 22.9 Å². The molecule has 1 unspecified atom stereocenters. The van der Waals surface area contributed by atoms with Gasteiger partial charge in [-0.3, -0.25) is 9.58 Å². The Bertz CT molecular complexity index is 791. The standard InChI is InChI=1S/C18H23N3O5/c1-24-16-8-18-17(25-4-5-26-18)6-12(16)9-20-2-3-21-13(10-20)7-14(19-21)15(23)11-22/h6-8,15,22-23H,2-5,9-11H2,1H3. The van der Waals surface area contributed by atoms with Crippen molar-refractivity contribution in [1.29, 1.82) is 0 Å². The number of hydrogen-bond donors (Lipinski definition) is 2. The lowest BCUT2D eigenvalue weighted by molar-refractivity contribution is 0.0915. The summed E-state index contributed by atoms with van der Waals surface area (Å²) in [5.41, 5.74) is 2.58. The van der Waals surface area contributed by atoms with Gasteiger partial charge >= 0.3 is 0 Å². The molecule has 0 saturated heterocycles. The van der Waals surface area contributed by atoms with E-state index in [1.165, 1.54) is 0 Å². The fourth-order valence-electron chi connectivity index (χ4n) is 3.40. The number of aromatic nitrogens is 2. The predicted molar refractivity (Wildman–Crippen MR) is 92.4 cm³/mol. The molecule has 140 valence electrons. The van der Waals surface area contributed by atoms with Crippen molar-refractivity contribution in [2.45, 2.75) is 25.7 Å². The molecule has 0 bridgehead atoms. The van der Waals surface area contributed by atoms with Crippen LogP contribution in [0.1, 0.15) is 23.1 Å². The number of benzene rings is 1. The molecule has 2 N–H and O–H groups in total. The first kappa shape index (κ1) is 17.1. The SMILES string of the molecule is COc1cc2c(cc1CN1CCn3nc(C(O)CO)cc3C1)OCCO2. The van der Waals surface area contributed by atoms with E-state index in [0.717, 1.165) is 41.6 Å². The quantitative estimate of drug-likeness (QED) is 0.810. The van der Waals surface area contributed by atoms with Crippen LogP contribution in [0, 0.1) is 0 Å². The molecule has 0 amide bonds. The molecular weight excluding hydrogens is 338 g/mol. The summed E-state index contributed by atoms with van der Waals surface area (Å²) in [6, 6.07) is 5.72. The largest absolute Gasteiger partial charge is 0.496 e. The third-order valence-electron chi connectivity index (χ3n) is 4.75. The summed E-state index contributed by atoms with van der Waals surface area (Å²) in [5.74, 6) is 2.25. The summed E-state index contributed by atoms with van der Waals surface area (Å²) in [4.78, 5) is 2.29. The van der Waals surface area contributed by atoms with Gasteiger partial charge in [-0.2, -0.15) is 5.10 Å². The smallest absolute Gasteiger partial charge is 0.165 e. The van der Waals surface area contributed by atoms with E-state index < -0.39 is 6.10 Å². The Labute approximate surface area is 151 Å². The minimum absolute atomic E-state index is 0.325. The molecule has 4 rings (SSSR count). The summed E-state index contributed by atoms with van der Waals surface area (Å²) in [6.07, 6.45) is -0.931. The molecule has 1 atom stereocenters. The predicted octanol–water partition coefficient (Wildman–Crippen LogP) is 0.704. The Morgan fingerprint density at radius 3 is 2.69 bits per heavy atom. The van der Waals surface area contributed by atoms with Crippen LogP contribution < -0.4 is 14.2 Å². The van der Waals surface area contributed by atoms with Crippen molar-refractivity contribution < 1.29 is 24.4 Å². The number of rotatable bonds is 5. The number of ether oxygens (including phenoxy) is 3. The maximum Gasteiger partial charge on any atom is 0.165 e. The van der Waals surface area contributed by atoms with Crippen LogP contribution in [0.3, 0.4) is 0 Å². The lowest BCUT2D eigenvalue weighted by atomic mass is 10.1. The normalized spacial score (nSPS) is 17.7. The van der Waals surface area contributed by atoms with Crippen LogP contribution >= 0.6 is 0 Å². The first-order valence-electron chi connectivity index (χ1n) is 8.72. The van der Waals surface area contributed by atoms with Gasteiger partial charge in [-0.15, -0.1) is 0 Å². The second kappa shape index (κ2) is 7.14. The Morgan fingerprint density at radius 1 is 1.19 bits per heavy atom. The zero-order valence-corrected chi connectivity index (χ0v) is 14.7. The number of fused-ring (bicyclic) bond motifs is 2. The third-order valence-corrected chi connectivity index (χ3v) is 4.75. The minimum Gasteiger partial charge on any atom is -0.496 e. The van der Waals surface area contributed by atoms with Gasteiger partial charge in [-0.25, -0.2) is 0 Å². The summed E-state index contributed by atoms with van der Waals surface area (Å²) in [7, 11) is 1.66. The highest BCUT2D eigenvalue weighted by molar-refractivity contribution is 5.51. The van der Waals surface area contributed by atoms with Crippen molar-refractivity contribution in [1.82, 2.24) is 14.7 Å². The molecule has 0 radical (unpaired) electrons. The fraction of sp³-hybridized carbons (Fsp3) is 0.500. The van der Waals surface area contributed by atoms with Crippen molar-refractivity contribution in [3.63, 3.8) is 0 Å². The topological polar surface area (TPSA) is 89.2 Å². The van der Waals surface area contributed by atoms with E-state index in [-0.39, 0.29) is 6.61 Å². The molecular formula is C18H23N3O5. The highest BCUT2D eigenvalue weighted by Gasteiger charge is 2.23. The molecule has 3 heterocycles. The average molecular weight is 361 g/mol. The summed E-state index contributed by atoms with van der Waals surface area (Å²) < 4.78 is 18.7. The van der Waals surface area contributed by atoms with Crippen molar-refractivity contribution >= 4 is 0 Å². The van der Waals surface area contributed by atoms with Gasteiger partial charge in [0, 0.05) is 31.3 Å². The molecule has 1 aromatic carbocycles. The minimum atomic E-state index is -0.931. The second-order valence-electron chi connectivity index (χ2n) is 6.50. The maximum absolute atomic E-state index is 9.78. The molecule has 0 saturated carbocycles. The molecule has 1 aromatic heterocycles. The van der Waals surface area contributed by atoms with Gasteiger partial charge < -0.3 is 24.4 Å². The summed E-state index contributed by atoms with van der Waals surface area (Å²) >= 11 is 0. The highest BCUT2D eigenvalue weighted by atomic mass is 16.6. The van der Waals surface area contributed by atoms with E-state index in [0.29, 0.717) is 32.0 Å². The van der Waals surface area contributed by atoms with Gasteiger partial charge in [0.05, 0.1) is 31.6 Å². The van der Waals surface area contributed by atoms with Crippen molar-refractivity contribution in [3.05, 3.63) is 35.2 Å². The Kier molecular flexibility index (Phi) is 4.71. The van der Waals surface area contributed by atoms with Gasteiger partial charge in [-0.05, 0) is 12.1 Å². The van der Waals surface area contributed by atoms with Crippen LogP contribution in [-0.4, -0.2) is 58.4 Å². The molecule has 2 aromatic rings. The van der Waals surface area contributed by atoms with Crippen LogP contribution in [0.15, 0.2) is 18.2 Å². The molecule has 0 fully saturated rings. The van der Waals surface area contributed by atoms with Crippen molar-refractivity contribution in [2.24, 2.45) is 0 Å². The molecule has 2 aliphatic heterocycles. The molecule has 0 aliphatic carbocycles. The number of aliphatic hydroxyl groups excluding tert-OH is 2. The van der Waals surface area contributed by atoms with E-state index >= 15 is 0 Å². The van der Waals surface area contributed by atoms with Crippen LogP contribution in [0.2, 0.25) is 0 Å². The van der Waals surface area contributed by atoms with Gasteiger partial charge in [0.2, 0.25) is 0 Å². The molecule has 2 aliphatic rings. The second-order valence-corrected chi connectivity index (χ2v) is 6.50. The van der Waals surface area contributed by atoms with Crippen LogP contribution in [-0.2, 0) is 19.6 Å². The number of nitrogens with zero attached hydrogens (tertiary/aromatic N) is 3. The van der Waals surface area contributed by atoms with E-state index in [9.17, 15) is 5.11 Å². The van der Waals surface area contributed by atoms with Crippen molar-refractivity contribution in [2.75, 3.05) is 33.5 Å². The molecule has 8 nitrogen and oxygen atoms in total. The maximum atomic E-state index is 9.78. The monoisotopic (exact) mass is 361 g/mol. The van der Waals surface area contributed by atoms with E-state index in [4.69, 9.17) is 19.3 Å². The van der Waals surface area contributed by atoms with Gasteiger partial charge in [-0.1, -0.05) is 0 Å². The zero-order chi connectivity index (χ0) is 18.1. The van der Waals surface area contributed by atoms with Crippen LogP contribution in [0.25, 0.3) is 0 Å². The summed E-state index contributed by atoms with van der Waals surface area (Å²) in [6.45, 7) is 3.77.